The molecular formula is C16H21N3O3. The van der Waals surface area contributed by atoms with Gasteiger partial charge in [-0.1, -0.05) is 6.07 Å². The van der Waals surface area contributed by atoms with E-state index >= 15 is 0 Å². The molecule has 3 rings (SSSR count). The molecule has 2 aliphatic heterocycles. The van der Waals surface area contributed by atoms with Gasteiger partial charge in [-0.2, -0.15) is 0 Å². The number of hydrogen-bond acceptors (Lipinski definition) is 5. The average Bonchev–Trinajstić information content (AvgIpc) is 2.96. The minimum atomic E-state index is -0.492. The number of carbonyl (C=O) groups excluding carboxylic acids is 1. The fourth-order valence-electron chi connectivity index (χ4n) is 2.96. The normalized spacial score (nSPS) is 26.7. The van der Waals surface area contributed by atoms with E-state index in [2.05, 4.69) is 9.88 Å². The van der Waals surface area contributed by atoms with E-state index in [0.717, 1.165) is 18.7 Å². The van der Waals surface area contributed by atoms with Crippen LogP contribution in [0.2, 0.25) is 0 Å². The van der Waals surface area contributed by atoms with Gasteiger partial charge in [0.1, 0.15) is 0 Å². The fourth-order valence-corrected chi connectivity index (χ4v) is 2.96. The second-order valence-corrected chi connectivity index (χ2v) is 5.65. The maximum Gasteiger partial charge on any atom is 0.246 e. The molecule has 22 heavy (non-hydrogen) atoms. The molecule has 6 heteroatoms. The summed E-state index contributed by atoms with van der Waals surface area (Å²) in [5.74, 6) is -0.0707. The van der Waals surface area contributed by atoms with Crippen molar-refractivity contribution in [2.45, 2.75) is 12.1 Å². The number of aromatic nitrogens is 1. The van der Waals surface area contributed by atoms with Gasteiger partial charge in [-0.05, 0) is 17.7 Å². The van der Waals surface area contributed by atoms with Crippen molar-refractivity contribution in [1.29, 1.82) is 0 Å². The molecule has 1 N–H and O–H groups in total. The van der Waals surface area contributed by atoms with Crippen molar-refractivity contribution in [3.8, 4) is 0 Å². The molecular weight excluding hydrogens is 282 g/mol. The Morgan fingerprint density at radius 3 is 2.91 bits per heavy atom. The number of rotatable bonds is 3. The summed E-state index contributed by atoms with van der Waals surface area (Å²) in [6, 6.07) is 3.74. The van der Waals surface area contributed by atoms with E-state index in [1.54, 1.807) is 29.4 Å². The number of aliphatic hydroxyl groups is 1. The number of likely N-dealkylation sites (tertiary alicyclic amines) is 1. The van der Waals surface area contributed by atoms with Crippen LogP contribution in [0.1, 0.15) is 5.56 Å². The molecule has 1 amide bonds. The number of morpholine rings is 1. The average molecular weight is 303 g/mol. The molecule has 0 aromatic carbocycles. The zero-order valence-corrected chi connectivity index (χ0v) is 12.5. The van der Waals surface area contributed by atoms with Gasteiger partial charge in [0.15, 0.2) is 0 Å². The maximum atomic E-state index is 12.3. The lowest BCUT2D eigenvalue weighted by atomic mass is 10.1. The van der Waals surface area contributed by atoms with Crippen molar-refractivity contribution in [3.63, 3.8) is 0 Å². The van der Waals surface area contributed by atoms with Crippen molar-refractivity contribution in [2.24, 2.45) is 0 Å². The Labute approximate surface area is 130 Å². The molecule has 2 atom stereocenters. The number of pyridine rings is 1. The summed E-state index contributed by atoms with van der Waals surface area (Å²) in [4.78, 5) is 20.2. The van der Waals surface area contributed by atoms with Crippen molar-refractivity contribution in [3.05, 3.63) is 36.2 Å². The number of amides is 1. The largest absolute Gasteiger partial charge is 0.390 e. The van der Waals surface area contributed by atoms with Gasteiger partial charge in [0, 0.05) is 44.6 Å². The predicted molar refractivity (Wildman–Crippen MR) is 82.0 cm³/mol. The number of nitrogens with zero attached hydrogens (tertiary/aromatic N) is 3. The van der Waals surface area contributed by atoms with Gasteiger partial charge in [0.25, 0.3) is 0 Å². The van der Waals surface area contributed by atoms with E-state index in [9.17, 15) is 9.90 Å². The van der Waals surface area contributed by atoms with Crippen LogP contribution in [-0.4, -0.2) is 77.3 Å². The van der Waals surface area contributed by atoms with Crippen LogP contribution in [0.4, 0.5) is 0 Å². The third kappa shape index (κ3) is 3.52. The van der Waals surface area contributed by atoms with Crippen molar-refractivity contribution in [1.82, 2.24) is 14.8 Å². The molecule has 2 saturated heterocycles. The van der Waals surface area contributed by atoms with Crippen LogP contribution in [0.5, 0.6) is 0 Å². The highest BCUT2D eigenvalue weighted by molar-refractivity contribution is 5.92. The van der Waals surface area contributed by atoms with Crippen LogP contribution in [0.15, 0.2) is 30.6 Å². The van der Waals surface area contributed by atoms with Gasteiger partial charge in [0.2, 0.25) is 5.91 Å². The number of hydrogen-bond donors (Lipinski definition) is 1. The smallest absolute Gasteiger partial charge is 0.246 e. The zero-order valence-electron chi connectivity index (χ0n) is 12.5. The molecule has 0 spiro atoms. The Bertz CT molecular complexity index is 529. The van der Waals surface area contributed by atoms with Crippen LogP contribution in [0.3, 0.4) is 0 Å². The molecule has 2 aliphatic rings. The molecule has 0 radical (unpaired) electrons. The summed E-state index contributed by atoms with van der Waals surface area (Å²) in [5, 5.41) is 10.2. The predicted octanol–water partition coefficient (Wildman–Crippen LogP) is -0.00130. The van der Waals surface area contributed by atoms with Gasteiger partial charge in [-0.25, -0.2) is 0 Å². The van der Waals surface area contributed by atoms with Gasteiger partial charge in [-0.3, -0.25) is 14.7 Å². The maximum absolute atomic E-state index is 12.3. The molecule has 3 heterocycles. The Morgan fingerprint density at radius 2 is 2.18 bits per heavy atom. The summed E-state index contributed by atoms with van der Waals surface area (Å²) in [6.45, 7) is 3.97. The van der Waals surface area contributed by atoms with Crippen LogP contribution >= 0.6 is 0 Å². The van der Waals surface area contributed by atoms with E-state index in [1.807, 2.05) is 12.1 Å². The number of ether oxygens (including phenoxy) is 1. The number of β-amino-alcohol motifs (C(OH)–C–C–N with tert-alkyl or cyclic N) is 1. The van der Waals surface area contributed by atoms with Crippen LogP contribution in [-0.2, 0) is 9.53 Å². The molecule has 118 valence electrons. The van der Waals surface area contributed by atoms with Gasteiger partial charge in [-0.15, -0.1) is 0 Å². The highest BCUT2D eigenvalue weighted by atomic mass is 16.5. The molecule has 0 aliphatic carbocycles. The van der Waals surface area contributed by atoms with Crippen LogP contribution < -0.4 is 0 Å². The van der Waals surface area contributed by atoms with Crippen LogP contribution in [0, 0.1) is 0 Å². The molecule has 1 aromatic rings. The van der Waals surface area contributed by atoms with Crippen LogP contribution in [0.25, 0.3) is 6.08 Å². The summed E-state index contributed by atoms with van der Waals surface area (Å²) in [6.07, 6.45) is 6.21. The summed E-state index contributed by atoms with van der Waals surface area (Å²) in [5.41, 5.74) is 0.889. The van der Waals surface area contributed by atoms with Crippen molar-refractivity contribution >= 4 is 12.0 Å². The number of aliphatic hydroxyl groups excluding tert-OH is 1. The van der Waals surface area contributed by atoms with E-state index in [-0.39, 0.29) is 11.9 Å². The third-order valence-corrected chi connectivity index (χ3v) is 4.19. The van der Waals surface area contributed by atoms with E-state index in [4.69, 9.17) is 4.74 Å². The highest BCUT2D eigenvalue weighted by Crippen LogP contribution is 2.18. The van der Waals surface area contributed by atoms with E-state index in [1.165, 1.54) is 0 Å². The summed E-state index contributed by atoms with van der Waals surface area (Å²) in [7, 11) is 0. The Kier molecular flexibility index (Phi) is 4.82. The van der Waals surface area contributed by atoms with Crippen molar-refractivity contribution in [2.75, 3.05) is 39.4 Å². The summed E-state index contributed by atoms with van der Waals surface area (Å²) >= 11 is 0. The van der Waals surface area contributed by atoms with Crippen molar-refractivity contribution < 1.29 is 14.6 Å². The standard InChI is InChI=1S/C16H21N3O3/c20-15-12-19(11-14(15)18-6-8-22-9-7-18)16(21)4-3-13-2-1-5-17-10-13/h1-5,10,14-15,20H,6-9,11-12H2/b4-3+/t14-,15-/m1/s1. The zero-order chi connectivity index (χ0) is 15.4. The molecule has 2 fully saturated rings. The van der Waals surface area contributed by atoms with Gasteiger partial charge < -0.3 is 14.7 Å². The first kappa shape index (κ1) is 15.1. The second-order valence-electron chi connectivity index (χ2n) is 5.65. The molecule has 0 unspecified atom stereocenters. The third-order valence-electron chi connectivity index (χ3n) is 4.19. The molecule has 6 nitrogen and oxygen atoms in total. The Balaban J connectivity index is 1.59. The van der Waals surface area contributed by atoms with E-state index < -0.39 is 6.10 Å². The first-order chi connectivity index (χ1) is 10.7. The lowest BCUT2D eigenvalue weighted by Gasteiger charge is -2.33. The quantitative estimate of drug-likeness (QED) is 0.796. The van der Waals surface area contributed by atoms with Gasteiger partial charge >= 0.3 is 0 Å². The molecule has 1 aromatic heterocycles. The first-order valence-corrected chi connectivity index (χ1v) is 7.61. The van der Waals surface area contributed by atoms with Gasteiger partial charge in [0.05, 0.1) is 25.4 Å². The fraction of sp³-hybridized carbons (Fsp3) is 0.500. The monoisotopic (exact) mass is 303 g/mol. The lowest BCUT2D eigenvalue weighted by molar-refractivity contribution is -0.125. The first-order valence-electron chi connectivity index (χ1n) is 7.61. The summed E-state index contributed by atoms with van der Waals surface area (Å²) < 4.78 is 5.34. The Morgan fingerprint density at radius 1 is 1.36 bits per heavy atom. The molecule has 0 saturated carbocycles. The second kappa shape index (κ2) is 7.00. The SMILES string of the molecule is O=C(/C=C/c1cccnc1)N1C[C@@H](O)[C@H](N2CCOCC2)C1. The lowest BCUT2D eigenvalue weighted by Crippen LogP contribution is -2.49. The Hall–Kier alpha value is -1.76. The minimum Gasteiger partial charge on any atom is -0.390 e. The molecule has 0 bridgehead atoms. The topological polar surface area (TPSA) is 65.9 Å². The number of carbonyl (C=O) groups is 1. The minimum absolute atomic E-state index is 0.0136. The highest BCUT2D eigenvalue weighted by Gasteiger charge is 2.37. The van der Waals surface area contributed by atoms with E-state index in [0.29, 0.717) is 26.3 Å².